The number of aromatic nitrogens is 5. The number of piperidine rings is 1. The number of nitrogens with zero attached hydrogens (tertiary/aromatic N) is 6. The van der Waals surface area contributed by atoms with Crippen molar-refractivity contribution in [3.05, 3.63) is 48.2 Å². The fraction of sp³-hybridized carbons (Fsp3) is 0.429. The molecule has 0 radical (unpaired) electrons. The summed E-state index contributed by atoms with van der Waals surface area (Å²) >= 11 is 0. The van der Waals surface area contributed by atoms with Crippen LogP contribution < -0.4 is 14.4 Å². The molecule has 0 bridgehead atoms. The monoisotopic (exact) mass is 410 g/mol. The van der Waals surface area contributed by atoms with E-state index in [0.29, 0.717) is 12.5 Å². The molecule has 1 saturated heterocycles. The van der Waals surface area contributed by atoms with E-state index in [-0.39, 0.29) is 6.10 Å². The number of hydrogen-bond acceptors (Lipinski definition) is 8. The normalized spacial score (nSPS) is 14.7. The number of aryl methyl sites for hydroxylation is 1. The molecule has 0 aliphatic carbocycles. The fourth-order valence-corrected chi connectivity index (χ4v) is 3.57. The molecule has 158 valence electrons. The van der Waals surface area contributed by atoms with E-state index in [1.807, 2.05) is 35.9 Å². The molecule has 30 heavy (non-hydrogen) atoms. The quantitative estimate of drug-likeness (QED) is 0.587. The highest BCUT2D eigenvalue weighted by molar-refractivity contribution is 5.44. The first-order valence-corrected chi connectivity index (χ1v) is 9.95. The molecule has 3 aromatic rings. The van der Waals surface area contributed by atoms with Gasteiger partial charge < -0.3 is 19.1 Å². The van der Waals surface area contributed by atoms with Gasteiger partial charge in [-0.1, -0.05) is 0 Å². The highest BCUT2D eigenvalue weighted by Gasteiger charge is 2.26. The van der Waals surface area contributed by atoms with Crippen LogP contribution in [0.15, 0.2) is 36.8 Å². The highest BCUT2D eigenvalue weighted by Crippen LogP contribution is 2.26. The Morgan fingerprint density at radius 3 is 2.57 bits per heavy atom. The Bertz CT molecular complexity index is 967. The van der Waals surface area contributed by atoms with Crippen molar-refractivity contribution in [2.45, 2.75) is 32.5 Å². The predicted octanol–water partition coefficient (Wildman–Crippen LogP) is 2.57. The maximum absolute atomic E-state index is 6.20. The van der Waals surface area contributed by atoms with E-state index in [1.165, 1.54) is 0 Å². The number of rotatable bonds is 7. The maximum Gasteiger partial charge on any atom is 0.232 e. The highest BCUT2D eigenvalue weighted by atomic mass is 16.5. The lowest BCUT2D eigenvalue weighted by Gasteiger charge is -2.33. The minimum absolute atomic E-state index is 0.167. The van der Waals surface area contributed by atoms with Gasteiger partial charge in [0.15, 0.2) is 5.82 Å². The molecule has 0 amide bonds. The molecule has 1 fully saturated rings. The summed E-state index contributed by atoms with van der Waals surface area (Å²) in [4.78, 5) is 10.7. The molecule has 0 spiro atoms. The molecule has 0 N–H and O–H groups in total. The Morgan fingerprint density at radius 2 is 1.90 bits per heavy atom. The third-order valence-electron chi connectivity index (χ3n) is 5.16. The summed E-state index contributed by atoms with van der Waals surface area (Å²) in [6.45, 7) is 4.02. The van der Waals surface area contributed by atoms with Gasteiger partial charge in [-0.2, -0.15) is 0 Å². The molecule has 9 nitrogen and oxygen atoms in total. The van der Waals surface area contributed by atoms with Crippen LogP contribution in [0.4, 0.5) is 5.95 Å². The Balaban J connectivity index is 1.51. The summed E-state index contributed by atoms with van der Waals surface area (Å²) in [6, 6.07) is 5.69. The molecule has 3 aromatic heterocycles. The summed E-state index contributed by atoms with van der Waals surface area (Å²) in [7, 11) is 3.25. The fourth-order valence-electron chi connectivity index (χ4n) is 3.57. The van der Waals surface area contributed by atoms with Crippen molar-refractivity contribution in [3.8, 4) is 17.3 Å². The maximum atomic E-state index is 6.20. The van der Waals surface area contributed by atoms with Crippen molar-refractivity contribution in [1.82, 2.24) is 24.7 Å². The Kier molecular flexibility index (Phi) is 6.08. The molecule has 4 rings (SSSR count). The molecular formula is C21H26N6O3. The summed E-state index contributed by atoms with van der Waals surface area (Å²) in [5.74, 6) is 2.97. The van der Waals surface area contributed by atoms with Gasteiger partial charge in [0.2, 0.25) is 11.8 Å². The molecule has 1 aliphatic heterocycles. The second kappa shape index (κ2) is 9.08. The zero-order valence-corrected chi connectivity index (χ0v) is 17.5. The summed E-state index contributed by atoms with van der Waals surface area (Å²) in [6.07, 6.45) is 7.31. The van der Waals surface area contributed by atoms with Gasteiger partial charge in [0.1, 0.15) is 18.5 Å². The van der Waals surface area contributed by atoms with Gasteiger partial charge in [0.05, 0.1) is 19.0 Å². The SMILES string of the molecule is COCc1nnc(N2CCC(Oc3ccncc3C)CC2)n1-c1ccc(OC)nc1. The number of methoxy groups -OCH3 is 2. The van der Waals surface area contributed by atoms with Crippen LogP contribution in [0.3, 0.4) is 0 Å². The Morgan fingerprint density at radius 1 is 1.07 bits per heavy atom. The second-order valence-electron chi connectivity index (χ2n) is 7.19. The van der Waals surface area contributed by atoms with Gasteiger partial charge in [-0.05, 0) is 19.1 Å². The van der Waals surface area contributed by atoms with Crippen molar-refractivity contribution >= 4 is 5.95 Å². The average molecular weight is 410 g/mol. The van der Waals surface area contributed by atoms with E-state index in [9.17, 15) is 0 Å². The van der Waals surface area contributed by atoms with Crippen LogP contribution in [0.2, 0.25) is 0 Å². The van der Waals surface area contributed by atoms with E-state index in [1.54, 1.807) is 26.6 Å². The lowest BCUT2D eigenvalue weighted by atomic mass is 10.1. The minimum Gasteiger partial charge on any atom is -0.490 e. The van der Waals surface area contributed by atoms with Crippen molar-refractivity contribution in [2.75, 3.05) is 32.2 Å². The lowest BCUT2D eigenvalue weighted by Crippen LogP contribution is -2.39. The molecule has 0 saturated carbocycles. The smallest absolute Gasteiger partial charge is 0.232 e. The molecule has 9 heteroatoms. The van der Waals surface area contributed by atoms with Crippen molar-refractivity contribution in [2.24, 2.45) is 0 Å². The van der Waals surface area contributed by atoms with E-state index in [2.05, 4.69) is 25.1 Å². The minimum atomic E-state index is 0.167. The van der Waals surface area contributed by atoms with Crippen molar-refractivity contribution in [3.63, 3.8) is 0 Å². The van der Waals surface area contributed by atoms with E-state index < -0.39 is 0 Å². The van der Waals surface area contributed by atoms with Crippen LogP contribution in [0.25, 0.3) is 5.69 Å². The zero-order chi connectivity index (χ0) is 20.9. The first-order valence-electron chi connectivity index (χ1n) is 9.95. The van der Waals surface area contributed by atoms with Crippen LogP contribution in [0.5, 0.6) is 11.6 Å². The van der Waals surface area contributed by atoms with Crippen molar-refractivity contribution in [1.29, 1.82) is 0 Å². The molecule has 1 aliphatic rings. The molecule has 0 atom stereocenters. The second-order valence-corrected chi connectivity index (χ2v) is 7.19. The standard InChI is InChI=1S/C21H26N6O3/c1-15-12-22-9-6-18(15)30-17-7-10-26(11-8-17)21-25-24-19(14-28-2)27(21)16-4-5-20(29-3)23-13-16/h4-6,9,12-13,17H,7-8,10-11,14H2,1-3H3. The van der Waals surface area contributed by atoms with Crippen LogP contribution >= 0.6 is 0 Å². The topological polar surface area (TPSA) is 87.4 Å². The lowest BCUT2D eigenvalue weighted by molar-refractivity contribution is 0.168. The first-order chi connectivity index (χ1) is 14.7. The molecule has 0 unspecified atom stereocenters. The summed E-state index contributed by atoms with van der Waals surface area (Å²) in [5.41, 5.74) is 1.92. The average Bonchev–Trinajstić information content (AvgIpc) is 3.20. The van der Waals surface area contributed by atoms with Crippen LogP contribution in [0.1, 0.15) is 24.2 Å². The van der Waals surface area contributed by atoms with Gasteiger partial charge in [-0.15, -0.1) is 10.2 Å². The number of hydrogen-bond donors (Lipinski definition) is 0. The molecular weight excluding hydrogens is 384 g/mol. The zero-order valence-electron chi connectivity index (χ0n) is 17.5. The summed E-state index contributed by atoms with van der Waals surface area (Å²) in [5, 5.41) is 8.80. The number of anilines is 1. The van der Waals surface area contributed by atoms with Gasteiger partial charge in [0.25, 0.3) is 0 Å². The largest absolute Gasteiger partial charge is 0.490 e. The van der Waals surface area contributed by atoms with Crippen LogP contribution in [-0.2, 0) is 11.3 Å². The summed E-state index contributed by atoms with van der Waals surface area (Å²) < 4.78 is 18.7. The number of ether oxygens (including phenoxy) is 3. The Hall–Kier alpha value is -3.20. The van der Waals surface area contributed by atoms with E-state index >= 15 is 0 Å². The van der Waals surface area contributed by atoms with Gasteiger partial charge in [-0.25, -0.2) is 4.98 Å². The molecule has 0 aromatic carbocycles. The molecule has 4 heterocycles. The Labute approximate surface area is 175 Å². The predicted molar refractivity (Wildman–Crippen MR) is 111 cm³/mol. The van der Waals surface area contributed by atoms with E-state index in [0.717, 1.165) is 54.7 Å². The third kappa shape index (κ3) is 4.20. The number of pyridine rings is 2. The van der Waals surface area contributed by atoms with E-state index in [4.69, 9.17) is 14.2 Å². The first kappa shape index (κ1) is 20.1. The van der Waals surface area contributed by atoms with Gasteiger partial charge in [-0.3, -0.25) is 9.55 Å². The van der Waals surface area contributed by atoms with Crippen molar-refractivity contribution < 1.29 is 14.2 Å². The van der Waals surface area contributed by atoms with Gasteiger partial charge in [0, 0.05) is 57.1 Å². The van der Waals surface area contributed by atoms with Crippen LogP contribution in [0, 0.1) is 6.92 Å². The third-order valence-corrected chi connectivity index (χ3v) is 5.16. The van der Waals surface area contributed by atoms with Crippen LogP contribution in [-0.4, -0.2) is 58.1 Å². The van der Waals surface area contributed by atoms with Gasteiger partial charge >= 0.3 is 0 Å².